The molecule has 23 heavy (non-hydrogen) atoms. The van der Waals surface area contributed by atoms with E-state index in [-0.39, 0.29) is 5.56 Å². The van der Waals surface area contributed by atoms with Gasteiger partial charge in [-0.05, 0) is 38.2 Å². The van der Waals surface area contributed by atoms with Crippen LogP contribution in [0.2, 0.25) is 5.02 Å². The highest BCUT2D eigenvalue weighted by Gasteiger charge is 2.13. The third-order valence-corrected chi connectivity index (χ3v) is 4.08. The Balaban J connectivity index is 2.27. The van der Waals surface area contributed by atoms with E-state index in [2.05, 4.69) is 9.97 Å². The lowest BCUT2D eigenvalue weighted by atomic mass is 10.3. The van der Waals surface area contributed by atoms with Gasteiger partial charge in [0, 0.05) is 12.6 Å². The van der Waals surface area contributed by atoms with Crippen molar-refractivity contribution in [1.82, 2.24) is 19.1 Å². The number of aryl methyl sites for hydroxylation is 1. The summed E-state index contributed by atoms with van der Waals surface area (Å²) in [4.78, 5) is 20.0. The first-order valence-corrected chi connectivity index (χ1v) is 7.98. The average Bonchev–Trinajstić information content (AvgIpc) is 2.93. The Morgan fingerprint density at radius 2 is 2.17 bits per heavy atom. The van der Waals surface area contributed by atoms with Crippen molar-refractivity contribution in [3.8, 4) is 11.4 Å². The Kier molecular flexibility index (Phi) is 4.23. The van der Waals surface area contributed by atoms with Gasteiger partial charge in [-0.1, -0.05) is 11.6 Å². The molecule has 8 heteroatoms. The van der Waals surface area contributed by atoms with Gasteiger partial charge < -0.3 is 14.3 Å². The van der Waals surface area contributed by atoms with Crippen molar-refractivity contribution in [2.75, 3.05) is 6.61 Å². The fraction of sp³-hybridized carbons (Fsp3) is 0.267. The fourth-order valence-corrected chi connectivity index (χ4v) is 2.85. The van der Waals surface area contributed by atoms with Gasteiger partial charge in [0.25, 0.3) is 5.56 Å². The van der Waals surface area contributed by atoms with E-state index in [1.807, 2.05) is 18.4 Å². The van der Waals surface area contributed by atoms with Gasteiger partial charge in [0.2, 0.25) is 0 Å². The summed E-state index contributed by atoms with van der Waals surface area (Å²) in [5, 5.41) is 0.481. The molecule has 0 atom stereocenters. The molecular weight excluding hydrogens is 336 g/mol. The van der Waals surface area contributed by atoms with Crippen LogP contribution in [0.1, 0.15) is 13.8 Å². The van der Waals surface area contributed by atoms with E-state index in [4.69, 9.17) is 28.6 Å². The number of aromatic nitrogens is 4. The predicted octanol–water partition coefficient (Wildman–Crippen LogP) is 3.32. The SMILES string of the molecule is CCOc1cc(-n2c(=S)[nH]c3c(ncn3CC)c2=O)ccc1Cl. The van der Waals surface area contributed by atoms with E-state index >= 15 is 0 Å². The lowest BCUT2D eigenvalue weighted by Gasteiger charge is -2.10. The number of benzene rings is 1. The summed E-state index contributed by atoms with van der Waals surface area (Å²) >= 11 is 11.5. The van der Waals surface area contributed by atoms with Crippen molar-refractivity contribution in [1.29, 1.82) is 0 Å². The number of hydrogen-bond acceptors (Lipinski definition) is 4. The lowest BCUT2D eigenvalue weighted by molar-refractivity contribution is 0.340. The Morgan fingerprint density at radius 3 is 2.87 bits per heavy atom. The molecule has 0 spiro atoms. The van der Waals surface area contributed by atoms with E-state index < -0.39 is 0 Å². The number of halogens is 1. The number of nitrogens with zero attached hydrogens (tertiary/aromatic N) is 3. The molecule has 2 heterocycles. The van der Waals surface area contributed by atoms with Crippen LogP contribution in [-0.4, -0.2) is 25.7 Å². The third-order valence-electron chi connectivity index (χ3n) is 3.49. The summed E-state index contributed by atoms with van der Waals surface area (Å²) in [5.74, 6) is 0.507. The second-order valence-corrected chi connectivity index (χ2v) is 5.64. The average molecular weight is 351 g/mol. The molecule has 3 rings (SSSR count). The number of hydrogen-bond donors (Lipinski definition) is 1. The first-order valence-electron chi connectivity index (χ1n) is 7.19. The maximum absolute atomic E-state index is 12.8. The van der Waals surface area contributed by atoms with Gasteiger partial charge in [0.15, 0.2) is 10.3 Å². The van der Waals surface area contributed by atoms with Gasteiger partial charge in [0.1, 0.15) is 11.4 Å². The molecule has 0 aliphatic rings. The normalized spacial score (nSPS) is 11.1. The topological polar surface area (TPSA) is 64.8 Å². The van der Waals surface area contributed by atoms with Crippen LogP contribution in [0.4, 0.5) is 0 Å². The van der Waals surface area contributed by atoms with Crippen LogP contribution >= 0.6 is 23.8 Å². The van der Waals surface area contributed by atoms with Crippen LogP contribution in [0.15, 0.2) is 29.3 Å². The van der Waals surface area contributed by atoms with Crippen molar-refractivity contribution in [2.45, 2.75) is 20.4 Å². The van der Waals surface area contributed by atoms with Gasteiger partial charge >= 0.3 is 0 Å². The van der Waals surface area contributed by atoms with E-state index in [9.17, 15) is 4.79 Å². The summed E-state index contributed by atoms with van der Waals surface area (Å²) < 4.78 is 9.00. The van der Waals surface area contributed by atoms with E-state index in [1.165, 1.54) is 4.57 Å². The fourth-order valence-electron chi connectivity index (χ4n) is 2.40. The Hall–Kier alpha value is -2.12. The maximum Gasteiger partial charge on any atom is 0.287 e. The van der Waals surface area contributed by atoms with Crippen LogP contribution in [0.3, 0.4) is 0 Å². The smallest absolute Gasteiger partial charge is 0.287 e. The van der Waals surface area contributed by atoms with Gasteiger partial charge in [-0.25, -0.2) is 4.98 Å². The Bertz CT molecular complexity index is 989. The first kappa shape index (κ1) is 15.8. The van der Waals surface area contributed by atoms with Crippen LogP contribution in [0, 0.1) is 4.77 Å². The molecule has 0 fully saturated rings. The van der Waals surface area contributed by atoms with Crippen LogP contribution in [0.25, 0.3) is 16.9 Å². The molecule has 0 bridgehead atoms. The Labute approximate surface area is 142 Å². The summed E-state index contributed by atoms with van der Waals surface area (Å²) in [6.45, 7) is 5.01. The molecule has 0 aliphatic heterocycles. The number of fused-ring (bicyclic) bond motifs is 1. The van der Waals surface area contributed by atoms with Crippen molar-refractivity contribution >= 4 is 35.0 Å². The van der Waals surface area contributed by atoms with E-state index in [1.54, 1.807) is 24.5 Å². The number of aromatic amines is 1. The monoisotopic (exact) mass is 350 g/mol. The molecule has 2 aromatic heterocycles. The molecule has 1 aromatic carbocycles. The van der Waals surface area contributed by atoms with Gasteiger partial charge in [-0.15, -0.1) is 0 Å². The molecule has 0 radical (unpaired) electrons. The molecular formula is C15H15ClN4O2S. The number of rotatable bonds is 4. The maximum atomic E-state index is 12.8. The van der Waals surface area contributed by atoms with E-state index in [0.717, 1.165) is 0 Å². The molecule has 120 valence electrons. The molecule has 6 nitrogen and oxygen atoms in total. The number of nitrogens with one attached hydrogen (secondary N) is 1. The molecule has 0 saturated heterocycles. The number of H-pyrrole nitrogens is 1. The minimum atomic E-state index is -0.277. The van der Waals surface area contributed by atoms with Crippen molar-refractivity contribution in [3.05, 3.63) is 44.7 Å². The van der Waals surface area contributed by atoms with Gasteiger partial charge in [0.05, 0.1) is 23.6 Å². The Morgan fingerprint density at radius 1 is 1.39 bits per heavy atom. The minimum Gasteiger partial charge on any atom is -0.492 e. The standard InChI is InChI=1S/C15H15ClN4O2S/c1-3-19-8-17-12-13(19)18-15(23)20(14(12)21)9-5-6-10(16)11(7-9)22-4-2/h5-8H,3-4H2,1-2H3,(H,18,23). The molecule has 0 aliphatic carbocycles. The highest BCUT2D eigenvalue weighted by atomic mass is 35.5. The zero-order valence-electron chi connectivity index (χ0n) is 12.7. The van der Waals surface area contributed by atoms with E-state index in [0.29, 0.717) is 45.5 Å². The molecule has 0 amide bonds. The molecule has 0 unspecified atom stereocenters. The van der Waals surface area contributed by atoms with Gasteiger partial charge in [-0.2, -0.15) is 0 Å². The lowest BCUT2D eigenvalue weighted by Crippen LogP contribution is -2.21. The highest BCUT2D eigenvalue weighted by molar-refractivity contribution is 7.71. The second kappa shape index (κ2) is 6.17. The van der Waals surface area contributed by atoms with Crippen molar-refractivity contribution in [3.63, 3.8) is 0 Å². The van der Waals surface area contributed by atoms with Crippen LogP contribution in [-0.2, 0) is 6.54 Å². The summed E-state index contributed by atoms with van der Waals surface area (Å²) in [5.41, 5.74) is 1.27. The van der Waals surface area contributed by atoms with Crippen molar-refractivity contribution < 1.29 is 4.74 Å². The molecule has 3 aromatic rings. The third kappa shape index (κ3) is 2.66. The quantitative estimate of drug-likeness (QED) is 0.733. The summed E-state index contributed by atoms with van der Waals surface area (Å²) in [6.07, 6.45) is 1.62. The largest absolute Gasteiger partial charge is 0.492 e. The van der Waals surface area contributed by atoms with Crippen LogP contribution in [0.5, 0.6) is 5.75 Å². The molecule has 1 N–H and O–H groups in total. The zero-order valence-corrected chi connectivity index (χ0v) is 14.2. The number of ether oxygens (including phenoxy) is 1. The number of imidazole rings is 1. The summed E-state index contributed by atoms with van der Waals surface area (Å²) in [7, 11) is 0. The molecule has 0 saturated carbocycles. The van der Waals surface area contributed by atoms with Crippen LogP contribution < -0.4 is 10.3 Å². The minimum absolute atomic E-state index is 0.277. The van der Waals surface area contributed by atoms with Crippen molar-refractivity contribution in [2.24, 2.45) is 0 Å². The predicted molar refractivity (Wildman–Crippen MR) is 92.4 cm³/mol. The summed E-state index contributed by atoms with van der Waals surface area (Å²) in [6, 6.07) is 5.09. The highest BCUT2D eigenvalue weighted by Crippen LogP contribution is 2.27. The zero-order chi connectivity index (χ0) is 16.6. The second-order valence-electron chi connectivity index (χ2n) is 4.85. The van der Waals surface area contributed by atoms with Gasteiger partial charge in [-0.3, -0.25) is 9.36 Å². The first-order chi connectivity index (χ1) is 11.1.